The van der Waals surface area contributed by atoms with E-state index in [4.69, 9.17) is 33.7 Å². The van der Waals surface area contributed by atoms with E-state index in [1.807, 2.05) is 24.3 Å². The molecule has 1 amide bonds. The Balaban J connectivity index is 1.67. The van der Waals surface area contributed by atoms with Crippen LogP contribution in [0.2, 0.25) is 10.0 Å². The molecule has 0 aromatic heterocycles. The third-order valence-corrected chi connectivity index (χ3v) is 4.68. The predicted octanol–water partition coefficient (Wildman–Crippen LogP) is 3.64. The first kappa shape index (κ1) is 19.4. The lowest BCUT2D eigenvalue weighted by Gasteiger charge is -2.07. The van der Waals surface area contributed by atoms with E-state index in [-0.39, 0.29) is 23.8 Å². The van der Waals surface area contributed by atoms with E-state index < -0.39 is 5.97 Å². The zero-order valence-corrected chi connectivity index (χ0v) is 15.5. The molecule has 0 radical (unpaired) electrons. The first-order chi connectivity index (χ1) is 12.0. The third-order valence-electron chi connectivity index (χ3n) is 3.07. The highest BCUT2D eigenvalue weighted by atomic mass is 35.5. The van der Waals surface area contributed by atoms with E-state index in [2.05, 4.69) is 5.32 Å². The predicted molar refractivity (Wildman–Crippen MR) is 101 cm³/mol. The number of nitrogens with two attached hydrogens (primary N) is 1. The molecule has 0 aliphatic carbocycles. The van der Waals surface area contributed by atoms with Crippen molar-refractivity contribution in [3.63, 3.8) is 0 Å². The molecule has 0 aliphatic rings. The number of halogens is 2. The summed E-state index contributed by atoms with van der Waals surface area (Å²) >= 11 is 13.2. The van der Waals surface area contributed by atoms with Gasteiger partial charge in [-0.3, -0.25) is 4.79 Å². The van der Waals surface area contributed by atoms with Crippen LogP contribution in [0.4, 0.5) is 5.69 Å². The normalized spacial score (nSPS) is 10.3. The van der Waals surface area contributed by atoms with Gasteiger partial charge in [0.25, 0.3) is 5.91 Å². The maximum atomic E-state index is 11.8. The first-order valence-corrected chi connectivity index (χ1v) is 9.07. The van der Waals surface area contributed by atoms with Crippen LogP contribution < -0.4 is 11.1 Å². The van der Waals surface area contributed by atoms with Gasteiger partial charge in [-0.2, -0.15) is 0 Å². The molecule has 0 bridgehead atoms. The number of nitrogen functional groups attached to an aromatic ring is 1. The fourth-order valence-corrected chi connectivity index (χ4v) is 2.84. The lowest BCUT2D eigenvalue weighted by molar-refractivity contribution is -0.124. The SMILES string of the molecule is Nc1cc(C(=O)OCC(=O)NCCSc2ccc(Cl)cc2)ccc1Cl. The summed E-state index contributed by atoms with van der Waals surface area (Å²) in [5, 5.41) is 3.72. The Morgan fingerprint density at radius 3 is 2.52 bits per heavy atom. The maximum absolute atomic E-state index is 11.8. The van der Waals surface area contributed by atoms with Gasteiger partial charge in [-0.05, 0) is 42.5 Å². The van der Waals surface area contributed by atoms with Crippen molar-refractivity contribution in [3.05, 3.63) is 58.1 Å². The summed E-state index contributed by atoms with van der Waals surface area (Å²) in [4.78, 5) is 24.6. The fraction of sp³-hybridized carbons (Fsp3) is 0.176. The Bertz CT molecular complexity index is 754. The van der Waals surface area contributed by atoms with Gasteiger partial charge in [0.2, 0.25) is 0 Å². The van der Waals surface area contributed by atoms with Gasteiger partial charge in [0.15, 0.2) is 6.61 Å². The Hall–Kier alpha value is -1.89. The van der Waals surface area contributed by atoms with Crippen LogP contribution in [0.1, 0.15) is 10.4 Å². The molecule has 2 rings (SSSR count). The second-order valence-electron chi connectivity index (χ2n) is 4.96. The number of hydrogen-bond donors (Lipinski definition) is 2. The molecule has 5 nitrogen and oxygen atoms in total. The number of benzene rings is 2. The Kier molecular flexibility index (Phi) is 7.43. The highest BCUT2D eigenvalue weighted by Crippen LogP contribution is 2.20. The summed E-state index contributed by atoms with van der Waals surface area (Å²) in [6.07, 6.45) is 0. The van der Waals surface area contributed by atoms with Crippen LogP contribution in [0.3, 0.4) is 0 Å². The highest BCUT2D eigenvalue weighted by molar-refractivity contribution is 7.99. The van der Waals surface area contributed by atoms with Gasteiger partial charge in [-0.1, -0.05) is 23.2 Å². The Morgan fingerprint density at radius 1 is 1.12 bits per heavy atom. The zero-order valence-electron chi connectivity index (χ0n) is 13.1. The van der Waals surface area contributed by atoms with Crippen molar-refractivity contribution in [3.8, 4) is 0 Å². The molecule has 8 heteroatoms. The largest absolute Gasteiger partial charge is 0.452 e. The fourth-order valence-electron chi connectivity index (χ4n) is 1.83. The molecule has 0 fully saturated rings. The van der Waals surface area contributed by atoms with Gasteiger partial charge in [0.1, 0.15) is 0 Å². The summed E-state index contributed by atoms with van der Waals surface area (Å²) in [7, 11) is 0. The van der Waals surface area contributed by atoms with Crippen molar-refractivity contribution in [2.45, 2.75) is 4.90 Å². The standard InChI is InChI=1S/C17H16Cl2N2O3S/c18-12-2-4-13(5-3-12)25-8-7-21-16(22)10-24-17(23)11-1-6-14(19)15(20)9-11/h1-6,9H,7-8,10,20H2,(H,21,22). The topological polar surface area (TPSA) is 81.4 Å². The molecular weight excluding hydrogens is 383 g/mol. The van der Waals surface area contributed by atoms with E-state index in [1.54, 1.807) is 11.8 Å². The lowest BCUT2D eigenvalue weighted by Crippen LogP contribution is -2.30. The second-order valence-corrected chi connectivity index (χ2v) is 6.98. The number of hydrogen-bond acceptors (Lipinski definition) is 5. The van der Waals surface area contributed by atoms with E-state index in [0.717, 1.165) is 4.90 Å². The van der Waals surface area contributed by atoms with Crippen molar-refractivity contribution >= 4 is 52.5 Å². The average molecular weight is 399 g/mol. The third kappa shape index (κ3) is 6.49. The minimum absolute atomic E-state index is 0.244. The number of anilines is 1. The van der Waals surface area contributed by atoms with Crippen molar-refractivity contribution in [1.82, 2.24) is 5.32 Å². The van der Waals surface area contributed by atoms with Crippen molar-refractivity contribution in [1.29, 1.82) is 0 Å². The molecule has 0 aliphatic heterocycles. The summed E-state index contributed by atoms with van der Waals surface area (Å²) < 4.78 is 4.94. The second kappa shape index (κ2) is 9.56. The minimum atomic E-state index is -0.631. The van der Waals surface area contributed by atoms with Crippen molar-refractivity contribution < 1.29 is 14.3 Å². The van der Waals surface area contributed by atoms with Gasteiger partial charge in [-0.25, -0.2) is 4.79 Å². The van der Waals surface area contributed by atoms with Gasteiger partial charge < -0.3 is 15.8 Å². The average Bonchev–Trinajstić information content (AvgIpc) is 2.60. The highest BCUT2D eigenvalue weighted by Gasteiger charge is 2.11. The number of amides is 1. The summed E-state index contributed by atoms with van der Waals surface area (Å²) in [6, 6.07) is 11.8. The lowest BCUT2D eigenvalue weighted by atomic mass is 10.2. The van der Waals surface area contributed by atoms with Gasteiger partial charge in [0.05, 0.1) is 16.3 Å². The van der Waals surface area contributed by atoms with Crippen LogP contribution in [-0.2, 0) is 9.53 Å². The first-order valence-electron chi connectivity index (χ1n) is 7.33. The maximum Gasteiger partial charge on any atom is 0.338 e. The van der Waals surface area contributed by atoms with Gasteiger partial charge in [0, 0.05) is 22.2 Å². The molecule has 0 spiro atoms. The van der Waals surface area contributed by atoms with E-state index in [1.165, 1.54) is 18.2 Å². The quantitative estimate of drug-likeness (QED) is 0.322. The molecule has 0 atom stereocenters. The zero-order chi connectivity index (χ0) is 18.2. The van der Waals surface area contributed by atoms with Crippen LogP contribution in [0, 0.1) is 0 Å². The number of ether oxygens (including phenoxy) is 1. The molecule has 25 heavy (non-hydrogen) atoms. The molecule has 0 unspecified atom stereocenters. The monoisotopic (exact) mass is 398 g/mol. The smallest absolute Gasteiger partial charge is 0.338 e. The van der Waals surface area contributed by atoms with Crippen LogP contribution in [0.5, 0.6) is 0 Å². The summed E-state index contributed by atoms with van der Waals surface area (Å²) in [6.45, 7) is 0.102. The molecule has 0 heterocycles. The van der Waals surface area contributed by atoms with Crippen LogP contribution in [0.15, 0.2) is 47.4 Å². The van der Waals surface area contributed by atoms with Crippen molar-refractivity contribution in [2.75, 3.05) is 24.6 Å². The number of carbonyl (C=O) groups is 2. The van der Waals surface area contributed by atoms with E-state index >= 15 is 0 Å². The molecule has 132 valence electrons. The minimum Gasteiger partial charge on any atom is -0.452 e. The summed E-state index contributed by atoms with van der Waals surface area (Å²) in [5.41, 5.74) is 6.14. The van der Waals surface area contributed by atoms with E-state index in [9.17, 15) is 9.59 Å². The molecule has 0 saturated heterocycles. The molecular formula is C17H16Cl2N2O3S. The Morgan fingerprint density at radius 2 is 1.84 bits per heavy atom. The number of esters is 1. The molecule has 2 aromatic rings. The van der Waals surface area contributed by atoms with Crippen molar-refractivity contribution in [2.24, 2.45) is 0 Å². The number of nitrogens with one attached hydrogen (secondary N) is 1. The number of rotatable bonds is 7. The van der Waals surface area contributed by atoms with Crippen LogP contribution in [0.25, 0.3) is 0 Å². The molecule has 2 aromatic carbocycles. The van der Waals surface area contributed by atoms with Gasteiger partial charge >= 0.3 is 5.97 Å². The van der Waals surface area contributed by atoms with E-state index in [0.29, 0.717) is 22.3 Å². The van der Waals surface area contributed by atoms with Crippen LogP contribution in [-0.4, -0.2) is 30.8 Å². The molecule has 0 saturated carbocycles. The molecule has 3 N–H and O–H groups in total. The summed E-state index contributed by atoms with van der Waals surface area (Å²) in [5.74, 6) is -0.310. The number of thioether (sulfide) groups is 1. The number of carbonyl (C=O) groups excluding carboxylic acids is 2. The van der Waals surface area contributed by atoms with Gasteiger partial charge in [-0.15, -0.1) is 11.8 Å². The Labute approximate surface area is 159 Å². The van der Waals surface area contributed by atoms with Crippen LogP contribution >= 0.6 is 35.0 Å².